The van der Waals surface area contributed by atoms with Crippen molar-refractivity contribution in [1.82, 2.24) is 0 Å². The van der Waals surface area contributed by atoms with Gasteiger partial charge in [0.1, 0.15) is 5.82 Å². The highest BCUT2D eigenvalue weighted by atomic mass is 19.1. The average molecular weight is 200 g/mol. The molecular weight excluding hydrogens is 195 g/mol. The van der Waals surface area contributed by atoms with Crippen LogP contribution in [-0.4, -0.2) is 16.1 Å². The minimum absolute atomic E-state index is 0.379. The Morgan fingerprint density at radius 2 is 2.21 bits per heavy atom. The van der Waals surface area contributed by atoms with Crippen LogP contribution in [-0.2, 0) is 0 Å². The Morgan fingerprint density at radius 1 is 1.57 bits per heavy atom. The lowest BCUT2D eigenvalue weighted by atomic mass is 10.2. The van der Waals surface area contributed by atoms with E-state index in [4.69, 9.17) is 5.11 Å². The minimum atomic E-state index is -1.48. The topological polar surface area (TPSA) is 92.5 Å². The van der Waals surface area contributed by atoms with Crippen LogP contribution in [0.4, 0.5) is 20.6 Å². The summed E-state index contributed by atoms with van der Waals surface area (Å²) < 4.78 is 12.8. The van der Waals surface area contributed by atoms with Gasteiger partial charge in [-0.25, -0.2) is 9.18 Å². The number of nitro benzene ring substituents is 1. The molecular formula is C7H5FN2O4. The highest BCUT2D eigenvalue weighted by Gasteiger charge is 2.11. The van der Waals surface area contributed by atoms with Crippen LogP contribution in [0.1, 0.15) is 0 Å². The Hall–Kier alpha value is -2.18. The number of nitrogens with one attached hydrogen (secondary N) is 1. The molecule has 2 N–H and O–H groups in total. The first-order valence-corrected chi connectivity index (χ1v) is 3.44. The molecule has 14 heavy (non-hydrogen) atoms. The molecule has 1 rings (SSSR count). The standard InChI is InChI=1S/C7H5FN2O4/c8-5-2-1-4(10(13)14)3-6(5)9-7(11)12/h1-3,9H,(H,11,12). The predicted molar refractivity (Wildman–Crippen MR) is 44.7 cm³/mol. The van der Waals surface area contributed by atoms with Gasteiger partial charge in [0.2, 0.25) is 0 Å². The second-order valence-corrected chi connectivity index (χ2v) is 2.35. The molecule has 0 saturated heterocycles. The van der Waals surface area contributed by atoms with Gasteiger partial charge in [0.25, 0.3) is 5.69 Å². The van der Waals surface area contributed by atoms with Crippen LogP contribution in [0.25, 0.3) is 0 Å². The van der Waals surface area contributed by atoms with Crippen LogP contribution in [0.15, 0.2) is 18.2 Å². The van der Waals surface area contributed by atoms with E-state index in [0.717, 1.165) is 18.2 Å². The quantitative estimate of drug-likeness (QED) is 0.562. The van der Waals surface area contributed by atoms with E-state index in [0.29, 0.717) is 0 Å². The number of hydrogen-bond acceptors (Lipinski definition) is 3. The van der Waals surface area contributed by atoms with Gasteiger partial charge in [0.15, 0.2) is 0 Å². The maximum atomic E-state index is 12.8. The highest BCUT2D eigenvalue weighted by Crippen LogP contribution is 2.20. The van der Waals surface area contributed by atoms with Gasteiger partial charge < -0.3 is 5.11 Å². The van der Waals surface area contributed by atoms with Gasteiger partial charge in [-0.1, -0.05) is 0 Å². The SMILES string of the molecule is O=C(O)Nc1cc([N+](=O)[O-])ccc1F. The van der Waals surface area contributed by atoms with Crippen molar-refractivity contribution in [2.24, 2.45) is 0 Å². The molecule has 0 bridgehead atoms. The summed E-state index contributed by atoms with van der Waals surface area (Å²) in [5.41, 5.74) is -0.818. The fourth-order valence-corrected chi connectivity index (χ4v) is 0.838. The Morgan fingerprint density at radius 3 is 2.71 bits per heavy atom. The minimum Gasteiger partial charge on any atom is -0.465 e. The zero-order chi connectivity index (χ0) is 10.7. The molecule has 7 heteroatoms. The number of carbonyl (C=O) groups is 1. The van der Waals surface area contributed by atoms with Crippen LogP contribution in [0.5, 0.6) is 0 Å². The van der Waals surface area contributed by atoms with Gasteiger partial charge in [-0.15, -0.1) is 0 Å². The average Bonchev–Trinajstić information content (AvgIpc) is 2.07. The monoisotopic (exact) mass is 200 g/mol. The third-order valence-corrected chi connectivity index (χ3v) is 1.40. The lowest BCUT2D eigenvalue weighted by Gasteiger charge is -2.01. The number of nitrogens with zero attached hydrogens (tertiary/aromatic N) is 1. The first-order valence-electron chi connectivity index (χ1n) is 3.44. The Kier molecular flexibility index (Phi) is 2.61. The van der Waals surface area contributed by atoms with Crippen molar-refractivity contribution in [1.29, 1.82) is 0 Å². The summed E-state index contributed by atoms with van der Waals surface area (Å²) in [5.74, 6) is -0.863. The Bertz CT molecular complexity index is 393. The van der Waals surface area contributed by atoms with E-state index in [1.54, 1.807) is 5.32 Å². The zero-order valence-corrected chi connectivity index (χ0v) is 6.73. The van der Waals surface area contributed by atoms with Gasteiger partial charge in [0, 0.05) is 12.1 Å². The van der Waals surface area contributed by atoms with Gasteiger partial charge in [-0.2, -0.15) is 0 Å². The number of hydrogen-bond donors (Lipinski definition) is 2. The van der Waals surface area contributed by atoms with E-state index in [9.17, 15) is 19.3 Å². The number of amides is 1. The smallest absolute Gasteiger partial charge is 0.409 e. The van der Waals surface area contributed by atoms with Crippen molar-refractivity contribution in [3.05, 3.63) is 34.1 Å². The number of benzene rings is 1. The first kappa shape index (κ1) is 9.90. The van der Waals surface area contributed by atoms with Crippen LogP contribution in [0.2, 0.25) is 0 Å². The maximum absolute atomic E-state index is 12.8. The van der Waals surface area contributed by atoms with E-state index in [2.05, 4.69) is 0 Å². The van der Waals surface area contributed by atoms with Crippen molar-refractivity contribution in [2.45, 2.75) is 0 Å². The molecule has 0 aliphatic carbocycles. The molecule has 0 spiro atoms. The fourth-order valence-electron chi connectivity index (χ4n) is 0.838. The summed E-state index contributed by atoms with van der Waals surface area (Å²) in [6, 6.07) is 2.58. The Labute approximate surface area is 77.1 Å². The van der Waals surface area contributed by atoms with Crippen molar-refractivity contribution in [3.63, 3.8) is 0 Å². The van der Waals surface area contributed by atoms with E-state index >= 15 is 0 Å². The van der Waals surface area contributed by atoms with Crippen molar-refractivity contribution in [2.75, 3.05) is 5.32 Å². The number of nitro groups is 1. The van der Waals surface area contributed by atoms with Crippen LogP contribution >= 0.6 is 0 Å². The molecule has 1 amide bonds. The Balaban J connectivity index is 3.08. The molecule has 0 saturated carbocycles. The molecule has 0 radical (unpaired) electrons. The van der Waals surface area contributed by atoms with Gasteiger partial charge in [-0.05, 0) is 6.07 Å². The molecule has 1 aromatic carbocycles. The second kappa shape index (κ2) is 3.69. The van der Waals surface area contributed by atoms with Crippen LogP contribution in [0.3, 0.4) is 0 Å². The number of halogens is 1. The zero-order valence-electron chi connectivity index (χ0n) is 6.73. The normalized spacial score (nSPS) is 9.50. The molecule has 1 aromatic rings. The summed E-state index contributed by atoms with van der Waals surface area (Å²) in [4.78, 5) is 19.7. The molecule has 0 unspecified atom stereocenters. The maximum Gasteiger partial charge on any atom is 0.409 e. The molecule has 0 fully saturated rings. The number of carboxylic acid groups (broad SMARTS) is 1. The molecule has 74 valence electrons. The molecule has 0 aliphatic heterocycles. The van der Waals surface area contributed by atoms with Gasteiger partial charge in [-0.3, -0.25) is 15.4 Å². The summed E-state index contributed by atoms with van der Waals surface area (Å²) in [7, 11) is 0. The molecule has 0 heterocycles. The first-order chi connectivity index (χ1) is 6.50. The van der Waals surface area contributed by atoms with Crippen molar-refractivity contribution >= 4 is 17.5 Å². The fraction of sp³-hybridized carbons (Fsp3) is 0. The number of rotatable bonds is 2. The summed E-state index contributed by atoms with van der Waals surface area (Å²) in [6.45, 7) is 0. The second-order valence-electron chi connectivity index (χ2n) is 2.35. The van der Waals surface area contributed by atoms with E-state index in [-0.39, 0.29) is 5.69 Å². The van der Waals surface area contributed by atoms with Gasteiger partial charge in [0.05, 0.1) is 10.6 Å². The highest BCUT2D eigenvalue weighted by molar-refractivity contribution is 5.83. The summed E-state index contributed by atoms with van der Waals surface area (Å²) >= 11 is 0. The lowest BCUT2D eigenvalue weighted by Crippen LogP contribution is -2.09. The van der Waals surface area contributed by atoms with E-state index in [1.807, 2.05) is 0 Å². The molecule has 0 aromatic heterocycles. The van der Waals surface area contributed by atoms with Crippen LogP contribution in [0, 0.1) is 15.9 Å². The van der Waals surface area contributed by atoms with Crippen LogP contribution < -0.4 is 5.32 Å². The van der Waals surface area contributed by atoms with E-state index < -0.39 is 22.5 Å². The largest absolute Gasteiger partial charge is 0.465 e. The third kappa shape index (κ3) is 2.16. The third-order valence-electron chi connectivity index (χ3n) is 1.40. The summed E-state index contributed by atoms with van der Waals surface area (Å²) in [5, 5.41) is 20.2. The van der Waals surface area contributed by atoms with E-state index in [1.165, 1.54) is 0 Å². The summed E-state index contributed by atoms with van der Waals surface area (Å²) in [6.07, 6.45) is -1.48. The number of non-ortho nitro benzene ring substituents is 1. The predicted octanol–water partition coefficient (Wildman–Crippen LogP) is 1.82. The molecule has 6 nitrogen and oxygen atoms in total. The van der Waals surface area contributed by atoms with Crippen molar-refractivity contribution < 1.29 is 19.2 Å². The lowest BCUT2D eigenvalue weighted by molar-refractivity contribution is -0.384. The molecule has 0 atom stereocenters. The van der Waals surface area contributed by atoms with Crippen molar-refractivity contribution in [3.8, 4) is 0 Å². The van der Waals surface area contributed by atoms with Gasteiger partial charge >= 0.3 is 6.09 Å². The number of anilines is 1. The molecule has 0 aliphatic rings.